The SMILES string of the molecule is [C-]#[N+]c1c(-c2ccc(CC(=O)Cc3cc(CC(C)(C)C)no3)cc2C)nn(C(C)C)c1NC(=O)OC(C)(C)C. The third-order valence-corrected chi connectivity index (χ3v) is 5.74. The number of carbonyl (C=O) groups excluding carboxylic acids is 2. The molecular weight excluding hydrogens is 494 g/mol. The van der Waals surface area contributed by atoms with Gasteiger partial charge in [-0.05, 0) is 70.1 Å². The molecule has 0 bridgehead atoms. The molecule has 0 atom stereocenters. The number of carbonyl (C=O) groups is 2. The van der Waals surface area contributed by atoms with Gasteiger partial charge in [-0.3, -0.25) is 14.8 Å². The monoisotopic (exact) mass is 533 g/mol. The Morgan fingerprint density at radius 1 is 1.13 bits per heavy atom. The van der Waals surface area contributed by atoms with Crippen LogP contribution in [0.4, 0.5) is 16.3 Å². The van der Waals surface area contributed by atoms with Crippen molar-refractivity contribution in [1.82, 2.24) is 14.9 Å². The van der Waals surface area contributed by atoms with E-state index in [2.05, 4.69) is 41.2 Å². The van der Waals surface area contributed by atoms with Gasteiger partial charge < -0.3 is 9.26 Å². The van der Waals surface area contributed by atoms with Crippen molar-refractivity contribution in [1.29, 1.82) is 0 Å². The average molecular weight is 534 g/mol. The summed E-state index contributed by atoms with van der Waals surface area (Å²) in [5.41, 5.74) is 3.44. The molecule has 2 heterocycles. The van der Waals surface area contributed by atoms with Gasteiger partial charge in [-0.25, -0.2) is 9.64 Å². The molecule has 3 rings (SSSR count). The molecule has 39 heavy (non-hydrogen) atoms. The second-order valence-corrected chi connectivity index (χ2v) is 12.4. The Kier molecular flexibility index (Phi) is 8.69. The molecular formula is C30H39N5O4. The van der Waals surface area contributed by atoms with Crippen molar-refractivity contribution in [2.45, 2.75) is 93.2 Å². The number of ether oxygens (including phenoxy) is 1. The smallest absolute Gasteiger partial charge is 0.412 e. The standard InChI is InChI=1S/C30H39N5O4/c1-18(2)35-27(32-28(37)38-30(7,8)9)26(31-10)25(33-35)24-12-11-20(13-19(24)3)14-22(36)16-23-15-21(34-39-23)17-29(4,5)6/h11-13,15,18H,14,16-17H2,1-9H3,(H,32,37). The van der Waals surface area contributed by atoms with Crippen molar-refractivity contribution in [3.05, 3.63) is 58.3 Å². The summed E-state index contributed by atoms with van der Waals surface area (Å²) >= 11 is 0. The fraction of sp³-hybridized carbons (Fsp3) is 0.500. The highest BCUT2D eigenvalue weighted by Crippen LogP contribution is 2.40. The fourth-order valence-corrected chi connectivity index (χ4v) is 4.26. The molecule has 0 unspecified atom stereocenters. The van der Waals surface area contributed by atoms with E-state index in [1.165, 1.54) is 0 Å². The number of hydrogen-bond donors (Lipinski definition) is 1. The van der Waals surface area contributed by atoms with E-state index in [-0.39, 0.29) is 35.8 Å². The zero-order chi connectivity index (χ0) is 29.1. The van der Waals surface area contributed by atoms with Gasteiger partial charge in [-0.2, -0.15) is 5.10 Å². The minimum absolute atomic E-state index is 0.0235. The van der Waals surface area contributed by atoms with E-state index in [0.29, 0.717) is 17.3 Å². The number of Topliss-reactive ketones (excluding diaryl/α,β-unsaturated/α-hetero) is 1. The number of rotatable bonds is 8. The number of nitrogens with one attached hydrogen (secondary N) is 1. The molecule has 9 nitrogen and oxygen atoms in total. The number of ketones is 1. The van der Waals surface area contributed by atoms with Crippen molar-refractivity contribution in [3.8, 4) is 11.3 Å². The number of nitrogens with zero attached hydrogens (tertiary/aromatic N) is 4. The first-order chi connectivity index (χ1) is 18.1. The number of anilines is 1. The maximum absolute atomic E-state index is 12.8. The van der Waals surface area contributed by atoms with Crippen LogP contribution in [0.25, 0.3) is 16.1 Å². The van der Waals surface area contributed by atoms with Gasteiger partial charge in [0.2, 0.25) is 0 Å². The summed E-state index contributed by atoms with van der Waals surface area (Å²) < 4.78 is 12.4. The van der Waals surface area contributed by atoms with Crippen molar-refractivity contribution >= 4 is 23.4 Å². The van der Waals surface area contributed by atoms with Crippen LogP contribution in [0.15, 0.2) is 28.8 Å². The molecule has 3 aromatic rings. The van der Waals surface area contributed by atoms with Crippen LogP contribution < -0.4 is 5.32 Å². The molecule has 0 aliphatic rings. The van der Waals surface area contributed by atoms with E-state index in [4.69, 9.17) is 15.8 Å². The molecule has 0 radical (unpaired) electrons. The number of hydrogen-bond acceptors (Lipinski definition) is 6. The van der Waals surface area contributed by atoms with Crippen molar-refractivity contribution in [2.75, 3.05) is 5.32 Å². The maximum Gasteiger partial charge on any atom is 0.412 e. The summed E-state index contributed by atoms with van der Waals surface area (Å²) in [6.45, 7) is 25.3. The minimum Gasteiger partial charge on any atom is -0.444 e. The van der Waals surface area contributed by atoms with Gasteiger partial charge in [0.1, 0.15) is 28.7 Å². The van der Waals surface area contributed by atoms with E-state index in [1.54, 1.807) is 25.5 Å². The molecule has 0 spiro atoms. The molecule has 208 valence electrons. The normalized spacial score (nSPS) is 11.9. The van der Waals surface area contributed by atoms with Crippen LogP contribution in [-0.4, -0.2) is 32.4 Å². The Bertz CT molecular complexity index is 1390. The van der Waals surface area contributed by atoms with Crippen molar-refractivity contribution < 1.29 is 18.8 Å². The second-order valence-electron chi connectivity index (χ2n) is 12.4. The van der Waals surface area contributed by atoms with Gasteiger partial charge in [0.25, 0.3) is 5.69 Å². The molecule has 0 fully saturated rings. The lowest BCUT2D eigenvalue weighted by Crippen LogP contribution is -2.28. The summed E-state index contributed by atoms with van der Waals surface area (Å²) in [6, 6.07) is 7.42. The van der Waals surface area contributed by atoms with Crippen LogP contribution in [0.5, 0.6) is 0 Å². The Hall–Kier alpha value is -3.93. The molecule has 1 N–H and O–H groups in total. The number of benzene rings is 1. The quantitative estimate of drug-likeness (QED) is 0.305. The Labute approximate surface area is 230 Å². The highest BCUT2D eigenvalue weighted by Gasteiger charge is 2.26. The van der Waals surface area contributed by atoms with E-state index >= 15 is 0 Å². The minimum atomic E-state index is -0.681. The molecule has 1 aromatic carbocycles. The van der Waals surface area contributed by atoms with E-state index in [0.717, 1.165) is 28.8 Å². The Balaban J connectivity index is 1.81. The van der Waals surface area contributed by atoms with Gasteiger partial charge in [0.05, 0.1) is 18.7 Å². The Morgan fingerprint density at radius 3 is 2.38 bits per heavy atom. The second kappa shape index (κ2) is 11.4. The first-order valence-electron chi connectivity index (χ1n) is 13.1. The van der Waals surface area contributed by atoms with Gasteiger partial charge >= 0.3 is 6.09 Å². The molecule has 0 saturated carbocycles. The zero-order valence-corrected chi connectivity index (χ0v) is 24.4. The van der Waals surface area contributed by atoms with Gasteiger partial charge in [0, 0.05) is 18.5 Å². The molecule has 0 saturated heterocycles. The fourth-order valence-electron chi connectivity index (χ4n) is 4.26. The van der Waals surface area contributed by atoms with E-state index in [9.17, 15) is 9.59 Å². The summed E-state index contributed by atoms with van der Waals surface area (Å²) in [4.78, 5) is 29.0. The summed E-state index contributed by atoms with van der Waals surface area (Å²) in [7, 11) is 0. The molecule has 1 amide bonds. The molecule has 0 aliphatic carbocycles. The number of aromatic nitrogens is 3. The zero-order valence-electron chi connectivity index (χ0n) is 24.4. The first-order valence-corrected chi connectivity index (χ1v) is 13.1. The number of aryl methyl sites for hydroxylation is 1. The lowest BCUT2D eigenvalue weighted by molar-refractivity contribution is -0.118. The van der Waals surface area contributed by atoms with Crippen LogP contribution in [0, 0.1) is 18.9 Å². The lowest BCUT2D eigenvalue weighted by Gasteiger charge is -2.20. The first kappa shape index (κ1) is 29.6. The third-order valence-electron chi connectivity index (χ3n) is 5.74. The van der Waals surface area contributed by atoms with Crippen LogP contribution in [0.1, 0.15) is 84.0 Å². The molecule has 2 aromatic heterocycles. The maximum atomic E-state index is 12.8. The predicted molar refractivity (Wildman–Crippen MR) is 151 cm³/mol. The highest BCUT2D eigenvalue weighted by molar-refractivity contribution is 5.94. The number of amides is 1. The molecule has 9 heteroatoms. The van der Waals surface area contributed by atoms with Gasteiger partial charge in [0.15, 0.2) is 0 Å². The highest BCUT2D eigenvalue weighted by atomic mass is 16.6. The van der Waals surface area contributed by atoms with E-state index < -0.39 is 11.7 Å². The van der Waals surface area contributed by atoms with Crippen LogP contribution >= 0.6 is 0 Å². The van der Waals surface area contributed by atoms with Crippen LogP contribution in [0.3, 0.4) is 0 Å². The largest absolute Gasteiger partial charge is 0.444 e. The average Bonchev–Trinajstić information content (AvgIpc) is 3.34. The van der Waals surface area contributed by atoms with Crippen LogP contribution in [0.2, 0.25) is 0 Å². The topological polar surface area (TPSA) is 104 Å². The predicted octanol–water partition coefficient (Wildman–Crippen LogP) is 7.27. The van der Waals surface area contributed by atoms with Gasteiger partial charge in [-0.15, -0.1) is 0 Å². The lowest BCUT2D eigenvalue weighted by atomic mass is 9.90. The van der Waals surface area contributed by atoms with Crippen LogP contribution in [-0.2, 0) is 28.8 Å². The summed E-state index contributed by atoms with van der Waals surface area (Å²) in [5.74, 6) is 0.884. The van der Waals surface area contributed by atoms with Gasteiger partial charge in [-0.1, -0.05) is 44.1 Å². The summed E-state index contributed by atoms with van der Waals surface area (Å²) in [6.07, 6.45) is 0.555. The molecule has 0 aliphatic heterocycles. The van der Waals surface area contributed by atoms with Crippen molar-refractivity contribution in [2.24, 2.45) is 5.41 Å². The summed E-state index contributed by atoms with van der Waals surface area (Å²) in [5, 5.41) is 11.5. The Morgan fingerprint density at radius 2 is 1.82 bits per heavy atom. The van der Waals surface area contributed by atoms with E-state index in [1.807, 2.05) is 45.0 Å². The van der Waals surface area contributed by atoms with Crippen molar-refractivity contribution in [3.63, 3.8) is 0 Å². The third kappa shape index (κ3) is 8.03.